The highest BCUT2D eigenvalue weighted by molar-refractivity contribution is 7.98. The third-order valence-electron chi connectivity index (χ3n) is 3.53. The average molecular weight is 370 g/mol. The second kappa shape index (κ2) is 7.92. The number of fused-ring (bicyclic) bond motifs is 1. The van der Waals surface area contributed by atoms with E-state index in [0.717, 1.165) is 4.90 Å². The molecule has 134 valence electrons. The van der Waals surface area contributed by atoms with E-state index in [1.807, 2.05) is 30.5 Å². The molecule has 0 atom stereocenters. The van der Waals surface area contributed by atoms with E-state index in [2.05, 4.69) is 10.3 Å². The van der Waals surface area contributed by atoms with Gasteiger partial charge in [-0.15, -0.1) is 11.8 Å². The van der Waals surface area contributed by atoms with E-state index in [4.69, 9.17) is 14.9 Å². The van der Waals surface area contributed by atoms with Crippen molar-refractivity contribution in [2.45, 2.75) is 11.8 Å². The number of aromatic nitrogens is 2. The number of nitrogens with zero attached hydrogens (tertiary/aromatic N) is 2. The van der Waals surface area contributed by atoms with Crippen molar-refractivity contribution in [3.8, 4) is 5.75 Å². The molecule has 2 N–H and O–H groups in total. The zero-order valence-corrected chi connectivity index (χ0v) is 15.2. The maximum atomic E-state index is 11.8. The molecule has 0 fully saturated rings. The molecule has 2 aromatic carbocycles. The molecule has 1 amide bonds. The Labute approximate surface area is 154 Å². The monoisotopic (exact) mass is 370 g/mol. The molecule has 0 spiro atoms. The minimum absolute atomic E-state index is 0.162. The molecule has 0 saturated carbocycles. The second-order valence-electron chi connectivity index (χ2n) is 5.19. The van der Waals surface area contributed by atoms with Gasteiger partial charge in [0.05, 0.1) is 17.6 Å². The van der Waals surface area contributed by atoms with Crippen LogP contribution in [0, 0.1) is 5.41 Å². The van der Waals surface area contributed by atoms with Gasteiger partial charge in [0.2, 0.25) is 5.95 Å². The summed E-state index contributed by atoms with van der Waals surface area (Å²) in [6.45, 7) is 1.95. The largest absolute Gasteiger partial charge is 0.450 e. The number of hydrogen-bond acceptors (Lipinski definition) is 6. The average Bonchev–Trinajstić information content (AvgIpc) is 3.00. The molecule has 8 heteroatoms. The van der Waals surface area contributed by atoms with Gasteiger partial charge in [0.1, 0.15) is 5.75 Å². The number of para-hydroxylation sites is 2. The molecule has 7 nitrogen and oxygen atoms in total. The van der Waals surface area contributed by atoms with Gasteiger partial charge in [0.15, 0.2) is 0 Å². The standard InChI is InChI=1S/C18H18N4O3S/c1-3-24-18(23)21-17-20-14-6-4-5-7-15(14)22(17)16(19)25-12-8-10-13(26-2)11-9-12/h4-11,19H,3H2,1-2H3,(H,20,21,23). The van der Waals surface area contributed by atoms with Crippen molar-refractivity contribution in [2.75, 3.05) is 18.2 Å². The molecule has 1 heterocycles. The van der Waals surface area contributed by atoms with Crippen LogP contribution in [0.5, 0.6) is 5.75 Å². The fourth-order valence-electron chi connectivity index (χ4n) is 2.37. The van der Waals surface area contributed by atoms with Gasteiger partial charge in [-0.25, -0.2) is 14.3 Å². The summed E-state index contributed by atoms with van der Waals surface area (Å²) in [6, 6.07) is 14.5. The molecule has 0 aliphatic heterocycles. The molecule has 26 heavy (non-hydrogen) atoms. The van der Waals surface area contributed by atoms with Crippen LogP contribution >= 0.6 is 11.8 Å². The zero-order valence-electron chi connectivity index (χ0n) is 14.4. The number of nitrogens with one attached hydrogen (secondary N) is 2. The highest BCUT2D eigenvalue weighted by atomic mass is 32.2. The molecule has 0 unspecified atom stereocenters. The second-order valence-corrected chi connectivity index (χ2v) is 6.07. The number of rotatable bonds is 4. The molecule has 1 aromatic heterocycles. The maximum absolute atomic E-state index is 11.8. The van der Waals surface area contributed by atoms with E-state index >= 15 is 0 Å². The summed E-state index contributed by atoms with van der Waals surface area (Å²) in [7, 11) is 0. The number of carbonyl (C=O) groups is 1. The third kappa shape index (κ3) is 3.80. The molecule has 0 radical (unpaired) electrons. The van der Waals surface area contributed by atoms with Crippen LogP contribution in [0.2, 0.25) is 0 Å². The fourth-order valence-corrected chi connectivity index (χ4v) is 2.78. The predicted octanol–water partition coefficient (Wildman–Crippen LogP) is 4.19. The zero-order chi connectivity index (χ0) is 18.5. The van der Waals surface area contributed by atoms with Gasteiger partial charge in [-0.2, -0.15) is 0 Å². The Hall–Kier alpha value is -3.00. The van der Waals surface area contributed by atoms with Crippen LogP contribution in [0.4, 0.5) is 10.7 Å². The Balaban J connectivity index is 1.93. The minimum atomic E-state index is -0.638. The van der Waals surface area contributed by atoms with Crippen molar-refractivity contribution in [1.82, 2.24) is 9.55 Å². The normalized spacial score (nSPS) is 10.5. The fraction of sp³-hybridized carbons (Fsp3) is 0.167. The molecule has 3 rings (SSSR count). The van der Waals surface area contributed by atoms with Gasteiger partial charge < -0.3 is 9.47 Å². The van der Waals surface area contributed by atoms with Crippen molar-refractivity contribution in [2.24, 2.45) is 0 Å². The lowest BCUT2D eigenvalue weighted by atomic mass is 10.3. The molecule has 0 aliphatic carbocycles. The summed E-state index contributed by atoms with van der Waals surface area (Å²) in [5, 5.41) is 10.9. The lowest BCUT2D eigenvalue weighted by molar-refractivity contribution is 0.167. The number of amides is 1. The number of thioether (sulfide) groups is 1. The Morgan fingerprint density at radius 2 is 1.96 bits per heavy atom. The first-order valence-electron chi connectivity index (χ1n) is 7.94. The Morgan fingerprint density at radius 1 is 1.23 bits per heavy atom. The van der Waals surface area contributed by atoms with Gasteiger partial charge >= 0.3 is 12.1 Å². The van der Waals surface area contributed by atoms with Crippen molar-refractivity contribution >= 4 is 40.9 Å². The Kier molecular flexibility index (Phi) is 5.43. The van der Waals surface area contributed by atoms with Gasteiger partial charge in [0, 0.05) is 4.90 Å². The lowest BCUT2D eigenvalue weighted by Crippen LogP contribution is -2.23. The van der Waals surface area contributed by atoms with Gasteiger partial charge in [0.25, 0.3) is 0 Å². The summed E-state index contributed by atoms with van der Waals surface area (Å²) < 4.78 is 12.0. The van der Waals surface area contributed by atoms with Crippen molar-refractivity contribution in [3.63, 3.8) is 0 Å². The lowest BCUT2D eigenvalue weighted by Gasteiger charge is -2.12. The van der Waals surface area contributed by atoms with Crippen molar-refractivity contribution in [1.29, 1.82) is 5.41 Å². The van der Waals surface area contributed by atoms with E-state index in [1.54, 1.807) is 43.0 Å². The molecular formula is C18H18N4O3S. The van der Waals surface area contributed by atoms with E-state index in [-0.39, 0.29) is 18.6 Å². The highest BCUT2D eigenvalue weighted by Gasteiger charge is 2.18. The SMILES string of the molecule is CCOC(=O)Nc1nc2ccccc2n1C(=N)Oc1ccc(SC)cc1. The first-order valence-corrected chi connectivity index (χ1v) is 9.17. The van der Waals surface area contributed by atoms with Crippen molar-refractivity contribution < 1.29 is 14.3 Å². The third-order valence-corrected chi connectivity index (χ3v) is 4.27. The van der Waals surface area contributed by atoms with E-state index in [1.165, 1.54) is 4.57 Å². The number of carbonyl (C=O) groups excluding carboxylic acids is 1. The molecular weight excluding hydrogens is 352 g/mol. The summed E-state index contributed by atoms with van der Waals surface area (Å²) in [5.41, 5.74) is 1.27. The van der Waals surface area contributed by atoms with Crippen LogP contribution in [0.15, 0.2) is 53.4 Å². The van der Waals surface area contributed by atoms with Gasteiger partial charge in [-0.05, 0) is 49.6 Å². The smallest absolute Gasteiger partial charge is 0.413 e. The first kappa shape index (κ1) is 17.8. The summed E-state index contributed by atoms with van der Waals surface area (Å²) in [5.74, 6) is 0.683. The van der Waals surface area contributed by atoms with Gasteiger partial charge in [-0.3, -0.25) is 10.7 Å². The Morgan fingerprint density at radius 3 is 2.65 bits per heavy atom. The number of ether oxygens (including phenoxy) is 2. The number of imidazole rings is 1. The predicted molar refractivity (Wildman–Crippen MR) is 102 cm³/mol. The topological polar surface area (TPSA) is 89.2 Å². The van der Waals surface area contributed by atoms with Crippen LogP contribution in [-0.2, 0) is 4.74 Å². The summed E-state index contributed by atoms with van der Waals surface area (Å²) in [4.78, 5) is 17.2. The van der Waals surface area contributed by atoms with Crippen LogP contribution in [0.3, 0.4) is 0 Å². The minimum Gasteiger partial charge on any atom is -0.450 e. The van der Waals surface area contributed by atoms with Crippen LogP contribution in [0.25, 0.3) is 11.0 Å². The molecule has 0 saturated heterocycles. The van der Waals surface area contributed by atoms with E-state index in [9.17, 15) is 4.79 Å². The van der Waals surface area contributed by atoms with Crippen LogP contribution < -0.4 is 10.1 Å². The summed E-state index contributed by atoms with van der Waals surface area (Å²) >= 11 is 1.62. The molecule has 3 aromatic rings. The van der Waals surface area contributed by atoms with Gasteiger partial charge in [-0.1, -0.05) is 12.1 Å². The quantitative estimate of drug-likeness (QED) is 0.408. The first-order chi connectivity index (χ1) is 12.6. The van der Waals surface area contributed by atoms with E-state index in [0.29, 0.717) is 16.8 Å². The number of benzene rings is 2. The van der Waals surface area contributed by atoms with E-state index < -0.39 is 6.09 Å². The highest BCUT2D eigenvalue weighted by Crippen LogP contribution is 2.22. The number of anilines is 1. The Bertz CT molecular complexity index is 937. The molecule has 0 bridgehead atoms. The van der Waals surface area contributed by atoms with Crippen LogP contribution in [-0.4, -0.2) is 34.5 Å². The maximum Gasteiger partial charge on any atom is 0.413 e. The molecule has 0 aliphatic rings. The number of hydrogen-bond donors (Lipinski definition) is 2. The van der Waals surface area contributed by atoms with Crippen molar-refractivity contribution in [3.05, 3.63) is 48.5 Å². The summed E-state index contributed by atoms with van der Waals surface area (Å²) in [6.07, 6.45) is 1.35. The van der Waals surface area contributed by atoms with Crippen LogP contribution in [0.1, 0.15) is 6.92 Å².